The van der Waals surface area contributed by atoms with Crippen molar-refractivity contribution >= 4 is 28.7 Å². The first-order chi connectivity index (χ1) is 45.2. The van der Waals surface area contributed by atoms with Gasteiger partial charge in [-0.05, 0) is 217 Å². The highest BCUT2D eigenvalue weighted by molar-refractivity contribution is 6.63. The predicted molar refractivity (Wildman–Crippen MR) is 373 cm³/mol. The van der Waals surface area contributed by atoms with Crippen LogP contribution in [0.25, 0.3) is 0 Å². The molecular weight excluding hydrogens is 1180 g/mol. The van der Waals surface area contributed by atoms with Gasteiger partial charge in [-0.3, -0.25) is 38.9 Å². The third-order valence-corrected chi connectivity index (χ3v) is 22.2. The molecule has 0 aromatic heterocycles. The van der Waals surface area contributed by atoms with Gasteiger partial charge in [-0.15, -0.1) is 0 Å². The molecule has 0 bridgehead atoms. The van der Waals surface area contributed by atoms with E-state index in [9.17, 15) is 14.4 Å². The fourth-order valence-corrected chi connectivity index (χ4v) is 16.7. The number of carbonyl (C=O) groups excluding carboxylic acids is 3. The highest BCUT2D eigenvalue weighted by Gasteiger charge is 2.49. The van der Waals surface area contributed by atoms with Crippen LogP contribution in [0.5, 0.6) is 0 Å². The van der Waals surface area contributed by atoms with E-state index in [0.717, 1.165) is 114 Å². The Morgan fingerprint density at radius 3 is 1.32 bits per heavy atom. The second kappa shape index (κ2) is 33.5. The average Bonchev–Trinajstić information content (AvgIpc) is 1.65. The molecule has 9 aliphatic rings. The Morgan fingerprint density at radius 2 is 0.828 bits per heavy atom. The van der Waals surface area contributed by atoms with Gasteiger partial charge >= 0.3 is 0 Å². The Morgan fingerprint density at radius 1 is 0.409 bits per heavy atom. The molecule has 0 radical (unpaired) electrons. The van der Waals surface area contributed by atoms with Crippen LogP contribution in [0.1, 0.15) is 113 Å². The number of benzene rings is 5. The van der Waals surface area contributed by atoms with Crippen molar-refractivity contribution in [3.05, 3.63) is 176 Å². The van der Waals surface area contributed by atoms with E-state index in [0.29, 0.717) is 50.6 Å². The molecular formula is C78H107ClN8O6. The number of fused-ring (bicyclic) bond motifs is 3. The molecule has 0 unspecified atom stereocenters. The molecule has 0 aliphatic carbocycles. The van der Waals surface area contributed by atoms with E-state index < -0.39 is 0 Å². The van der Waals surface area contributed by atoms with Crippen LogP contribution in [-0.4, -0.2) is 211 Å². The van der Waals surface area contributed by atoms with E-state index in [1.165, 1.54) is 116 Å². The fraction of sp³-hybridized carbons (Fsp3) is 0.577. The quantitative estimate of drug-likeness (QED) is 0.113. The fourth-order valence-electron chi connectivity index (χ4n) is 16.5. The maximum atomic E-state index is 13.7. The summed E-state index contributed by atoms with van der Waals surface area (Å²) in [6, 6.07) is 43.2. The number of aryl methyl sites for hydroxylation is 6. The number of halogens is 1. The summed E-state index contributed by atoms with van der Waals surface area (Å²) >= 11 is 5.27. The Kier molecular flexibility index (Phi) is 24.9. The smallest absolute Gasteiger partial charge is 0.227 e. The van der Waals surface area contributed by atoms with Gasteiger partial charge in [-0.25, -0.2) is 0 Å². The molecule has 15 heteroatoms. The highest BCUT2D eigenvalue weighted by atomic mass is 35.5. The second-order valence-electron chi connectivity index (χ2n) is 28.3. The molecule has 502 valence electrons. The minimum atomic E-state index is -0.307. The molecule has 9 saturated heterocycles. The molecule has 0 spiro atoms. The first-order valence-electron chi connectivity index (χ1n) is 35.4. The third kappa shape index (κ3) is 18.0. The molecule has 2 amide bonds. The summed E-state index contributed by atoms with van der Waals surface area (Å²) in [5, 5.41) is 3.29. The Labute approximate surface area is 561 Å². The van der Waals surface area contributed by atoms with Crippen molar-refractivity contribution in [3.8, 4) is 0 Å². The zero-order valence-corrected chi connectivity index (χ0v) is 57.6. The number of piperazine rings is 2. The lowest BCUT2D eigenvalue weighted by Gasteiger charge is -2.54. The van der Waals surface area contributed by atoms with Crippen molar-refractivity contribution < 1.29 is 28.6 Å². The van der Waals surface area contributed by atoms with E-state index in [4.69, 9.17) is 25.8 Å². The normalized spacial score (nSPS) is 26.9. The summed E-state index contributed by atoms with van der Waals surface area (Å²) in [5.41, 5.74) is 13.5. The van der Waals surface area contributed by atoms with Crippen molar-refractivity contribution in [1.82, 2.24) is 39.6 Å². The number of piperidine rings is 1. The van der Waals surface area contributed by atoms with Crippen LogP contribution in [0.15, 0.2) is 115 Å². The van der Waals surface area contributed by atoms with Gasteiger partial charge in [-0.1, -0.05) is 115 Å². The lowest BCUT2D eigenvalue weighted by Crippen LogP contribution is -2.71. The monoisotopic (exact) mass is 1290 g/mol. The molecule has 93 heavy (non-hydrogen) atoms. The van der Waals surface area contributed by atoms with Crippen molar-refractivity contribution in [3.63, 3.8) is 0 Å². The number of nitrogens with one attached hydrogen (secondary N) is 1. The van der Waals surface area contributed by atoms with Crippen LogP contribution < -0.4 is 5.32 Å². The Bertz CT molecular complexity index is 3210. The second-order valence-corrected chi connectivity index (χ2v) is 28.7. The molecule has 1 N–H and O–H groups in total. The van der Waals surface area contributed by atoms with Gasteiger partial charge in [0.05, 0.1) is 88.7 Å². The summed E-state index contributed by atoms with van der Waals surface area (Å²) in [6.07, 6.45) is 11.8. The molecule has 0 saturated carbocycles. The number of rotatable bonds is 13. The molecule has 5 aromatic rings. The molecule has 9 atom stereocenters. The van der Waals surface area contributed by atoms with Crippen molar-refractivity contribution in [2.75, 3.05) is 112 Å². The zero-order chi connectivity index (χ0) is 64.8. The van der Waals surface area contributed by atoms with Gasteiger partial charge in [0, 0.05) is 57.8 Å². The van der Waals surface area contributed by atoms with E-state index in [2.05, 4.69) is 164 Å². The summed E-state index contributed by atoms with van der Waals surface area (Å²) in [7, 11) is 0. The summed E-state index contributed by atoms with van der Waals surface area (Å²) in [4.78, 5) is 54.9. The number of carbonyl (C=O) groups is 3. The van der Waals surface area contributed by atoms with Crippen LogP contribution in [0, 0.1) is 47.5 Å². The lowest BCUT2D eigenvalue weighted by atomic mass is 9.81. The van der Waals surface area contributed by atoms with Gasteiger partial charge in [0.15, 0.2) is 0 Å². The van der Waals surface area contributed by atoms with Crippen LogP contribution in [0.4, 0.5) is 0 Å². The molecule has 9 aliphatic heterocycles. The van der Waals surface area contributed by atoms with Crippen LogP contribution >= 0.6 is 11.6 Å². The van der Waals surface area contributed by atoms with Gasteiger partial charge in [0.25, 0.3) is 0 Å². The van der Waals surface area contributed by atoms with Crippen LogP contribution in [-0.2, 0) is 60.9 Å². The molecule has 9 heterocycles. The summed E-state index contributed by atoms with van der Waals surface area (Å²) in [6.45, 7) is 31.0. The number of likely N-dealkylation sites (tertiary alicyclic amines) is 4. The predicted octanol–water partition coefficient (Wildman–Crippen LogP) is 10.3. The molecule has 5 aromatic carbocycles. The standard InChI is InChI=1S/C28H37N3O2.C21H31N3O2.C19H28N2O.C10H11ClO/c1-21-10-11-24(16-22(21)2)17-27(32)31-15-14-30(18-23-8-4-3-5-9-23)26-20-33-19-25(28(26)31)29-12-6-7-13-29;1-15-5-6-17(11-16(15)2)12-20(25)24-10-7-22-18-13-26-14-19(21(18)24)23-8-3-4-9-23;1-2-7-16(8-3-1)13-21-12-6-9-17-18(14-22-15-19(17)21)20-10-4-5-11-20;1-7-3-4-9(5-8(7)2)6-10(11)12/h3-5,8-11,16,25-26,28H,6-7,12-15,17-20H2,1-2H3;5-6,11,18-19,21-22H,3-4,7-10,12-14H2,1-2H3;1-3,7-8,17-19H,4-6,9-15H2;3-5H,6H2,1-2H3/t25-,26+,28+;18-,19+,21+;17-,18+,19-;/m011./s1. The summed E-state index contributed by atoms with van der Waals surface area (Å²) in [5.74, 6) is 1.33. The minimum absolute atomic E-state index is 0.188. The average molecular weight is 1290 g/mol. The highest BCUT2D eigenvalue weighted by Crippen LogP contribution is 2.36. The zero-order valence-electron chi connectivity index (χ0n) is 56.8. The molecule has 14 rings (SSSR count). The van der Waals surface area contributed by atoms with Gasteiger partial charge in [0.1, 0.15) is 0 Å². The Balaban J connectivity index is 0.000000133. The topological polar surface area (TPSA) is 114 Å². The first-order valence-corrected chi connectivity index (χ1v) is 35.8. The number of amides is 2. The van der Waals surface area contributed by atoms with Crippen molar-refractivity contribution in [2.24, 2.45) is 5.92 Å². The number of nitrogens with zero attached hydrogens (tertiary/aromatic N) is 7. The van der Waals surface area contributed by atoms with Gasteiger partial charge in [0.2, 0.25) is 17.1 Å². The largest absolute Gasteiger partial charge is 0.378 e. The van der Waals surface area contributed by atoms with Gasteiger partial charge < -0.3 is 29.3 Å². The molecule has 9 fully saturated rings. The molecule has 14 nitrogen and oxygen atoms in total. The maximum absolute atomic E-state index is 13.7. The van der Waals surface area contributed by atoms with E-state index in [1.807, 2.05) is 32.0 Å². The van der Waals surface area contributed by atoms with Crippen LogP contribution in [0.2, 0.25) is 0 Å². The SMILES string of the molecule is Cc1ccc(CC(=O)Cl)cc1C.Cc1ccc(CC(=O)N2CCN(Cc3ccccc3)[C@@H]3COC[C@H](N4CCCC4)[C@H]32)cc1C.Cc1ccc(CC(=O)N2CCN[C@@H]3COC[C@H](N4CCCC4)[C@H]32)cc1C.c1ccc(CN2CCC[C@H]3[C@H]2COC[C@@H]3N2CCCC2)cc1. The lowest BCUT2D eigenvalue weighted by molar-refractivity contribution is -0.153. The van der Waals surface area contributed by atoms with Gasteiger partial charge in [-0.2, -0.15) is 0 Å². The van der Waals surface area contributed by atoms with E-state index in [1.54, 1.807) is 0 Å². The number of ether oxygens (including phenoxy) is 3. The first kappa shape index (κ1) is 69.0. The Hall–Kier alpha value is -5.36. The van der Waals surface area contributed by atoms with Crippen molar-refractivity contribution in [2.45, 2.75) is 174 Å². The maximum Gasteiger partial charge on any atom is 0.227 e. The third-order valence-electron chi connectivity index (χ3n) is 22.0. The van der Waals surface area contributed by atoms with Crippen molar-refractivity contribution in [1.29, 1.82) is 0 Å². The number of hydrogen-bond acceptors (Lipinski definition) is 12. The summed E-state index contributed by atoms with van der Waals surface area (Å²) < 4.78 is 18.1. The van der Waals surface area contributed by atoms with Crippen LogP contribution in [0.3, 0.4) is 0 Å². The minimum Gasteiger partial charge on any atom is -0.378 e. The number of hydrogen-bond donors (Lipinski definition) is 1. The van der Waals surface area contributed by atoms with E-state index >= 15 is 0 Å². The van der Waals surface area contributed by atoms with E-state index in [-0.39, 0.29) is 47.3 Å².